The highest BCUT2D eigenvalue weighted by molar-refractivity contribution is 7.98. The van der Waals surface area contributed by atoms with Crippen LogP contribution >= 0.6 is 11.8 Å². The summed E-state index contributed by atoms with van der Waals surface area (Å²) < 4.78 is 5.48. The quantitative estimate of drug-likeness (QED) is 0.553. The highest BCUT2D eigenvalue weighted by Gasteiger charge is 1.94. The van der Waals surface area contributed by atoms with Crippen molar-refractivity contribution in [1.29, 1.82) is 0 Å². The number of hydrogen-bond acceptors (Lipinski definition) is 3. The molecule has 90 valence electrons. The van der Waals surface area contributed by atoms with Crippen molar-refractivity contribution in [3.63, 3.8) is 0 Å². The lowest BCUT2D eigenvalue weighted by atomic mass is 10.3. The Morgan fingerprint density at radius 1 is 1.31 bits per heavy atom. The lowest BCUT2D eigenvalue weighted by molar-refractivity contribution is 0.141. The van der Waals surface area contributed by atoms with Gasteiger partial charge in [0.2, 0.25) is 0 Å². The molecule has 0 aliphatic rings. The Hall–Kier alpha value is -0.670. The van der Waals surface area contributed by atoms with Gasteiger partial charge < -0.3 is 10.1 Å². The normalized spacial score (nSPS) is 10.4. The molecular formula is C13H21NOS. The van der Waals surface area contributed by atoms with E-state index in [2.05, 4.69) is 42.8 Å². The minimum atomic E-state index is 0.781. The van der Waals surface area contributed by atoms with Crippen LogP contribution in [0.4, 0.5) is 5.69 Å². The molecule has 1 aromatic carbocycles. The van der Waals surface area contributed by atoms with Gasteiger partial charge in [-0.15, -0.1) is 11.8 Å². The molecule has 16 heavy (non-hydrogen) atoms. The first-order chi connectivity index (χ1) is 7.86. The maximum Gasteiger partial charge on any atom is 0.0639 e. The molecule has 0 atom stereocenters. The number of hydrogen-bond donors (Lipinski definition) is 1. The minimum absolute atomic E-state index is 0.781. The van der Waals surface area contributed by atoms with Gasteiger partial charge >= 0.3 is 0 Å². The molecule has 2 nitrogen and oxygen atoms in total. The van der Waals surface area contributed by atoms with Crippen molar-refractivity contribution in [3.05, 3.63) is 24.3 Å². The van der Waals surface area contributed by atoms with Crippen molar-refractivity contribution in [2.24, 2.45) is 0 Å². The van der Waals surface area contributed by atoms with E-state index in [1.54, 1.807) is 11.8 Å². The van der Waals surface area contributed by atoms with Crippen LogP contribution in [0.15, 0.2) is 29.2 Å². The highest BCUT2D eigenvalue weighted by atomic mass is 32.2. The Morgan fingerprint density at radius 3 is 2.94 bits per heavy atom. The van der Waals surface area contributed by atoms with E-state index in [4.69, 9.17) is 4.74 Å². The standard InChI is InChI=1S/C13H21NOS/c1-3-4-9-15-10-8-14-12-6-5-7-13(11-12)16-2/h5-7,11,14H,3-4,8-10H2,1-2H3. The van der Waals surface area contributed by atoms with Crippen LogP contribution in [-0.4, -0.2) is 26.0 Å². The van der Waals surface area contributed by atoms with Crippen molar-refractivity contribution in [2.45, 2.75) is 24.7 Å². The molecule has 0 amide bonds. The summed E-state index contributed by atoms with van der Waals surface area (Å²) in [6, 6.07) is 8.45. The third-order valence-corrected chi connectivity index (χ3v) is 3.01. The molecule has 0 radical (unpaired) electrons. The van der Waals surface area contributed by atoms with Crippen LogP contribution in [0, 0.1) is 0 Å². The van der Waals surface area contributed by atoms with Crippen LogP contribution in [0.2, 0.25) is 0 Å². The molecule has 0 spiro atoms. The van der Waals surface area contributed by atoms with Gasteiger partial charge in [0.1, 0.15) is 0 Å². The average Bonchev–Trinajstić information content (AvgIpc) is 2.34. The summed E-state index contributed by atoms with van der Waals surface area (Å²) in [5.74, 6) is 0. The molecule has 0 aliphatic heterocycles. The summed E-state index contributed by atoms with van der Waals surface area (Å²) in [7, 11) is 0. The fourth-order valence-electron chi connectivity index (χ4n) is 1.35. The van der Waals surface area contributed by atoms with E-state index in [-0.39, 0.29) is 0 Å². The van der Waals surface area contributed by atoms with E-state index in [9.17, 15) is 0 Å². The van der Waals surface area contributed by atoms with E-state index in [0.717, 1.165) is 26.2 Å². The first-order valence-electron chi connectivity index (χ1n) is 5.82. The second kappa shape index (κ2) is 8.48. The largest absolute Gasteiger partial charge is 0.383 e. The zero-order valence-electron chi connectivity index (χ0n) is 10.2. The van der Waals surface area contributed by atoms with Gasteiger partial charge in [0, 0.05) is 23.7 Å². The van der Waals surface area contributed by atoms with Crippen LogP contribution in [0.25, 0.3) is 0 Å². The Labute approximate surface area is 103 Å². The molecule has 0 aliphatic carbocycles. The number of benzene rings is 1. The van der Waals surface area contributed by atoms with Crippen LogP contribution in [0.3, 0.4) is 0 Å². The fourth-order valence-corrected chi connectivity index (χ4v) is 1.81. The summed E-state index contributed by atoms with van der Waals surface area (Å²) >= 11 is 1.76. The Bertz CT molecular complexity index is 291. The van der Waals surface area contributed by atoms with Crippen molar-refractivity contribution in [1.82, 2.24) is 0 Å². The average molecular weight is 239 g/mol. The predicted octanol–water partition coefficient (Wildman–Crippen LogP) is 3.64. The SMILES string of the molecule is CCCCOCCNc1cccc(SC)c1. The molecule has 0 aromatic heterocycles. The van der Waals surface area contributed by atoms with E-state index >= 15 is 0 Å². The van der Waals surface area contributed by atoms with Gasteiger partial charge in [0.15, 0.2) is 0 Å². The monoisotopic (exact) mass is 239 g/mol. The van der Waals surface area contributed by atoms with Crippen LogP contribution in [0.5, 0.6) is 0 Å². The molecule has 1 rings (SSSR count). The molecule has 0 bridgehead atoms. The molecule has 1 N–H and O–H groups in total. The van der Waals surface area contributed by atoms with E-state index in [1.165, 1.54) is 17.0 Å². The first-order valence-corrected chi connectivity index (χ1v) is 7.05. The molecule has 0 saturated heterocycles. The maximum atomic E-state index is 5.48. The van der Waals surface area contributed by atoms with Crippen LogP contribution in [0.1, 0.15) is 19.8 Å². The van der Waals surface area contributed by atoms with Crippen molar-refractivity contribution >= 4 is 17.4 Å². The maximum absolute atomic E-state index is 5.48. The second-order valence-electron chi connectivity index (χ2n) is 3.62. The van der Waals surface area contributed by atoms with Gasteiger partial charge in [0.05, 0.1) is 6.61 Å². The third kappa shape index (κ3) is 5.42. The smallest absolute Gasteiger partial charge is 0.0639 e. The molecule has 3 heteroatoms. The number of rotatable bonds is 8. The first kappa shape index (κ1) is 13.4. The van der Waals surface area contributed by atoms with Crippen molar-refractivity contribution in [3.8, 4) is 0 Å². The predicted molar refractivity (Wildman–Crippen MR) is 72.4 cm³/mol. The van der Waals surface area contributed by atoms with Crippen molar-refractivity contribution < 1.29 is 4.74 Å². The number of thioether (sulfide) groups is 1. The van der Waals surface area contributed by atoms with Crippen molar-refractivity contribution in [2.75, 3.05) is 31.3 Å². The van der Waals surface area contributed by atoms with Gasteiger partial charge in [-0.25, -0.2) is 0 Å². The number of ether oxygens (including phenoxy) is 1. The molecular weight excluding hydrogens is 218 g/mol. The lowest BCUT2D eigenvalue weighted by Crippen LogP contribution is -2.09. The van der Waals surface area contributed by atoms with Gasteiger partial charge in [-0.2, -0.15) is 0 Å². The van der Waals surface area contributed by atoms with Gasteiger partial charge in [0.25, 0.3) is 0 Å². The minimum Gasteiger partial charge on any atom is -0.383 e. The molecule has 0 unspecified atom stereocenters. The van der Waals surface area contributed by atoms with Crippen LogP contribution in [-0.2, 0) is 4.74 Å². The van der Waals surface area contributed by atoms with E-state index < -0.39 is 0 Å². The zero-order chi connectivity index (χ0) is 11.6. The third-order valence-electron chi connectivity index (χ3n) is 2.29. The summed E-state index contributed by atoms with van der Waals surface area (Å²) in [6.07, 6.45) is 4.44. The molecule has 0 heterocycles. The van der Waals surface area contributed by atoms with Gasteiger partial charge in [-0.3, -0.25) is 0 Å². The lowest BCUT2D eigenvalue weighted by Gasteiger charge is -2.08. The Balaban J connectivity index is 2.16. The van der Waals surface area contributed by atoms with Gasteiger partial charge in [-0.1, -0.05) is 19.4 Å². The number of nitrogens with one attached hydrogen (secondary N) is 1. The summed E-state index contributed by atoms with van der Waals surface area (Å²) in [6.45, 7) is 4.71. The topological polar surface area (TPSA) is 21.3 Å². The fraction of sp³-hybridized carbons (Fsp3) is 0.538. The zero-order valence-corrected chi connectivity index (χ0v) is 11.0. The van der Waals surface area contributed by atoms with Crippen LogP contribution < -0.4 is 5.32 Å². The van der Waals surface area contributed by atoms with E-state index in [0.29, 0.717) is 0 Å². The summed E-state index contributed by atoms with van der Waals surface area (Å²) in [5, 5.41) is 3.36. The second-order valence-corrected chi connectivity index (χ2v) is 4.50. The highest BCUT2D eigenvalue weighted by Crippen LogP contribution is 2.18. The van der Waals surface area contributed by atoms with Gasteiger partial charge in [-0.05, 0) is 30.9 Å². The van der Waals surface area contributed by atoms with E-state index in [1.807, 2.05) is 0 Å². The molecule has 0 fully saturated rings. The Kier molecular flexibility index (Phi) is 7.10. The summed E-state index contributed by atoms with van der Waals surface area (Å²) in [4.78, 5) is 1.29. The molecule has 1 aromatic rings. The summed E-state index contributed by atoms with van der Waals surface area (Å²) in [5.41, 5.74) is 1.17. The number of anilines is 1. The Morgan fingerprint density at radius 2 is 2.19 bits per heavy atom. The molecule has 0 saturated carbocycles. The number of unbranched alkanes of at least 4 members (excludes halogenated alkanes) is 1.